The predicted octanol–water partition coefficient (Wildman–Crippen LogP) is 3.23. The number of nitrogens with zero attached hydrogens (tertiary/aromatic N) is 2. The monoisotopic (exact) mass is 407 g/mol. The first-order chi connectivity index (χ1) is 11.9. The maximum Gasteiger partial charge on any atom is 0.312 e. The Bertz CT molecular complexity index is 821. The highest BCUT2D eigenvalue weighted by molar-refractivity contribution is 9.10. The number of aromatic hydroxyl groups is 1. The topological polar surface area (TPSA) is 114 Å². The first-order valence-corrected chi connectivity index (χ1v) is 7.94. The summed E-state index contributed by atoms with van der Waals surface area (Å²) >= 11 is 3.12. The number of benzene rings is 2. The molecule has 1 amide bonds. The number of phenols is 1. The molecule has 0 unspecified atom stereocenters. The summed E-state index contributed by atoms with van der Waals surface area (Å²) in [6.07, 6.45) is 1.12. The summed E-state index contributed by atoms with van der Waals surface area (Å²) in [7, 11) is 0. The molecular formula is C16H14BrN3O5. The molecule has 8 nitrogen and oxygen atoms in total. The minimum Gasteiger partial charge on any atom is -0.502 e. The minimum absolute atomic E-state index is 0.0908. The van der Waals surface area contributed by atoms with Gasteiger partial charge < -0.3 is 9.84 Å². The number of phenolic OH excluding ortho intramolecular Hbond substituents is 1. The van der Waals surface area contributed by atoms with Crippen LogP contribution in [0.3, 0.4) is 0 Å². The van der Waals surface area contributed by atoms with Gasteiger partial charge in [-0.1, -0.05) is 15.9 Å². The third kappa shape index (κ3) is 4.77. The van der Waals surface area contributed by atoms with Gasteiger partial charge in [-0.15, -0.1) is 0 Å². The van der Waals surface area contributed by atoms with Gasteiger partial charge in [0.2, 0.25) is 5.75 Å². The van der Waals surface area contributed by atoms with Crippen LogP contribution in [0.2, 0.25) is 0 Å². The number of hydrazone groups is 1. The Hall–Kier alpha value is -2.94. The molecule has 2 aromatic carbocycles. The summed E-state index contributed by atoms with van der Waals surface area (Å²) in [5.41, 5.74) is 2.28. The number of nitro benzene ring substituents is 1. The maximum absolute atomic E-state index is 12.0. The quantitative estimate of drug-likeness (QED) is 0.433. The van der Waals surface area contributed by atoms with E-state index in [9.17, 15) is 20.0 Å². The summed E-state index contributed by atoms with van der Waals surface area (Å²) in [6, 6.07) is 9.09. The number of hydrogen-bond donors (Lipinski definition) is 2. The number of nitrogens with one attached hydrogen (secondary N) is 1. The van der Waals surface area contributed by atoms with Gasteiger partial charge in [-0.2, -0.15) is 5.10 Å². The van der Waals surface area contributed by atoms with Crippen LogP contribution in [0, 0.1) is 10.1 Å². The fraction of sp³-hybridized carbons (Fsp3) is 0.125. The first kappa shape index (κ1) is 18.4. The van der Waals surface area contributed by atoms with Gasteiger partial charge in [-0.3, -0.25) is 14.9 Å². The molecule has 130 valence electrons. The number of rotatable bonds is 6. The molecule has 0 spiro atoms. The van der Waals surface area contributed by atoms with Crippen LogP contribution in [0.15, 0.2) is 46.0 Å². The Kier molecular flexibility index (Phi) is 6.07. The molecule has 0 heterocycles. The highest BCUT2D eigenvalue weighted by Gasteiger charge is 2.17. The van der Waals surface area contributed by atoms with Gasteiger partial charge in [0, 0.05) is 21.7 Å². The summed E-state index contributed by atoms with van der Waals surface area (Å²) in [6.45, 7) is 2.38. The van der Waals surface area contributed by atoms with E-state index < -0.39 is 22.3 Å². The van der Waals surface area contributed by atoms with E-state index in [1.807, 2.05) is 6.92 Å². The van der Waals surface area contributed by atoms with Crippen molar-refractivity contribution in [3.05, 3.63) is 62.1 Å². The van der Waals surface area contributed by atoms with Crippen LogP contribution in [0.5, 0.6) is 11.5 Å². The lowest BCUT2D eigenvalue weighted by Crippen LogP contribution is -2.17. The smallest absolute Gasteiger partial charge is 0.312 e. The number of carbonyl (C=O) groups excluding carboxylic acids is 1. The molecule has 2 rings (SSSR count). The molecule has 0 aromatic heterocycles. The van der Waals surface area contributed by atoms with Crippen molar-refractivity contribution in [2.45, 2.75) is 6.92 Å². The van der Waals surface area contributed by atoms with Gasteiger partial charge >= 0.3 is 5.69 Å². The Morgan fingerprint density at radius 3 is 2.68 bits per heavy atom. The van der Waals surface area contributed by atoms with Crippen molar-refractivity contribution in [1.82, 2.24) is 5.43 Å². The lowest BCUT2D eigenvalue weighted by molar-refractivity contribution is -0.385. The van der Waals surface area contributed by atoms with Crippen LogP contribution < -0.4 is 10.2 Å². The molecule has 0 bridgehead atoms. The summed E-state index contributed by atoms with van der Waals surface area (Å²) in [5, 5.41) is 24.5. The van der Waals surface area contributed by atoms with E-state index in [4.69, 9.17) is 4.74 Å². The fourth-order valence-electron chi connectivity index (χ4n) is 1.94. The lowest BCUT2D eigenvalue weighted by Gasteiger charge is -2.04. The molecule has 0 saturated heterocycles. The van der Waals surface area contributed by atoms with E-state index in [0.29, 0.717) is 22.4 Å². The lowest BCUT2D eigenvalue weighted by atomic mass is 10.2. The third-order valence-electron chi connectivity index (χ3n) is 3.08. The minimum atomic E-state index is -0.712. The van der Waals surface area contributed by atoms with Crippen LogP contribution >= 0.6 is 15.9 Å². The van der Waals surface area contributed by atoms with E-state index in [-0.39, 0.29) is 5.56 Å². The molecule has 2 N–H and O–H groups in total. The van der Waals surface area contributed by atoms with E-state index in [0.717, 1.165) is 6.21 Å². The first-order valence-electron chi connectivity index (χ1n) is 7.15. The highest BCUT2D eigenvalue weighted by Crippen LogP contribution is 2.32. The second-order valence-electron chi connectivity index (χ2n) is 4.78. The van der Waals surface area contributed by atoms with Gasteiger partial charge in [0.25, 0.3) is 5.91 Å². The van der Waals surface area contributed by atoms with Gasteiger partial charge in [0.05, 0.1) is 17.7 Å². The molecule has 0 aliphatic rings. The van der Waals surface area contributed by atoms with Crippen molar-refractivity contribution in [1.29, 1.82) is 0 Å². The highest BCUT2D eigenvalue weighted by atomic mass is 79.9. The molecular weight excluding hydrogens is 394 g/mol. The fourth-order valence-corrected chi connectivity index (χ4v) is 2.40. The average molecular weight is 408 g/mol. The number of nitro groups is 1. The molecule has 0 atom stereocenters. The SMILES string of the molecule is CCOc1ccc(C(=O)N/N=C\c2cc(Br)cc([N+](=O)[O-])c2O)cc1. The Balaban J connectivity index is 2.10. The number of ether oxygens (including phenoxy) is 1. The largest absolute Gasteiger partial charge is 0.502 e. The van der Waals surface area contributed by atoms with Gasteiger partial charge in [0.15, 0.2) is 0 Å². The van der Waals surface area contributed by atoms with Gasteiger partial charge in [0.1, 0.15) is 5.75 Å². The Morgan fingerprint density at radius 1 is 1.40 bits per heavy atom. The summed E-state index contributed by atoms with van der Waals surface area (Å²) in [4.78, 5) is 22.1. The molecule has 2 aromatic rings. The number of halogens is 1. The van der Waals surface area contributed by atoms with Gasteiger partial charge in [-0.05, 0) is 37.3 Å². The molecule has 25 heavy (non-hydrogen) atoms. The van der Waals surface area contributed by atoms with E-state index in [1.165, 1.54) is 12.1 Å². The van der Waals surface area contributed by atoms with Crippen molar-refractivity contribution in [2.75, 3.05) is 6.61 Å². The third-order valence-corrected chi connectivity index (χ3v) is 3.54. The molecule has 0 saturated carbocycles. The van der Waals surface area contributed by atoms with Crippen LogP contribution in [0.25, 0.3) is 0 Å². The standard InChI is InChI=1S/C16H14BrN3O5/c1-2-25-13-5-3-10(4-6-13)16(22)19-18-9-11-7-12(17)8-14(15(11)21)20(23)24/h3-9,21H,2H2,1H3,(H,19,22)/b18-9-. The molecule has 0 aliphatic carbocycles. The number of carbonyl (C=O) groups is 1. The summed E-state index contributed by atoms with van der Waals surface area (Å²) < 4.78 is 5.69. The van der Waals surface area contributed by atoms with Crippen molar-refractivity contribution in [2.24, 2.45) is 5.10 Å². The number of amides is 1. The second kappa shape index (κ2) is 8.25. The zero-order valence-corrected chi connectivity index (χ0v) is 14.7. The van der Waals surface area contributed by atoms with E-state index in [2.05, 4.69) is 26.5 Å². The Morgan fingerprint density at radius 2 is 2.08 bits per heavy atom. The average Bonchev–Trinajstić information content (AvgIpc) is 2.58. The van der Waals surface area contributed by atoms with Crippen molar-refractivity contribution in [3.63, 3.8) is 0 Å². The van der Waals surface area contributed by atoms with Crippen molar-refractivity contribution in [3.8, 4) is 11.5 Å². The van der Waals surface area contributed by atoms with Crippen LogP contribution in [0.1, 0.15) is 22.8 Å². The molecule has 0 aliphatic heterocycles. The molecule has 0 fully saturated rings. The van der Waals surface area contributed by atoms with Gasteiger partial charge in [-0.25, -0.2) is 5.43 Å². The normalized spacial score (nSPS) is 10.6. The van der Waals surface area contributed by atoms with E-state index in [1.54, 1.807) is 24.3 Å². The van der Waals surface area contributed by atoms with Crippen LogP contribution in [-0.4, -0.2) is 28.8 Å². The predicted molar refractivity (Wildman–Crippen MR) is 95.1 cm³/mol. The summed E-state index contributed by atoms with van der Waals surface area (Å²) in [5.74, 6) is -0.357. The van der Waals surface area contributed by atoms with E-state index >= 15 is 0 Å². The molecule has 9 heteroatoms. The number of hydrogen-bond acceptors (Lipinski definition) is 6. The maximum atomic E-state index is 12.0. The van der Waals surface area contributed by atoms with Crippen LogP contribution in [0.4, 0.5) is 5.69 Å². The molecule has 0 radical (unpaired) electrons. The van der Waals surface area contributed by atoms with Crippen molar-refractivity contribution < 1.29 is 19.6 Å². The van der Waals surface area contributed by atoms with Crippen molar-refractivity contribution >= 4 is 33.7 Å². The second-order valence-corrected chi connectivity index (χ2v) is 5.69. The Labute approximate surface area is 151 Å². The van der Waals surface area contributed by atoms with Crippen LogP contribution in [-0.2, 0) is 0 Å². The zero-order valence-electron chi connectivity index (χ0n) is 13.1. The zero-order chi connectivity index (χ0) is 18.4.